The molecule has 0 radical (unpaired) electrons. The maximum Gasteiger partial charge on any atom is 0.321 e. The molecule has 2 aliphatic rings. The molecule has 2 rings (SSSR count). The van der Waals surface area contributed by atoms with Crippen LogP contribution in [0.3, 0.4) is 0 Å². The van der Waals surface area contributed by atoms with Crippen LogP contribution < -0.4 is 5.32 Å². The fraction of sp³-hybridized carbons (Fsp3) is 0.778. The van der Waals surface area contributed by atoms with Gasteiger partial charge in [-0.15, -0.1) is 0 Å². The molecule has 0 unspecified atom stereocenters. The van der Waals surface area contributed by atoms with Gasteiger partial charge in [0.15, 0.2) is 0 Å². The van der Waals surface area contributed by atoms with E-state index in [4.69, 9.17) is 10.2 Å². The van der Waals surface area contributed by atoms with Crippen LogP contribution in [0.15, 0.2) is 0 Å². The van der Waals surface area contributed by atoms with Gasteiger partial charge >= 0.3 is 11.9 Å². The van der Waals surface area contributed by atoms with Gasteiger partial charge in [-0.05, 0) is 25.3 Å². The molecule has 0 aromatic heterocycles. The minimum Gasteiger partial charge on any atom is -0.481 e. The molecule has 0 spiro atoms. The molecule has 0 amide bonds. The van der Waals surface area contributed by atoms with Crippen LogP contribution in [0.1, 0.15) is 12.8 Å². The Bertz CT molecular complexity index is 252. The highest BCUT2D eigenvalue weighted by Crippen LogP contribution is 2.42. The van der Waals surface area contributed by atoms with E-state index in [0.29, 0.717) is 13.0 Å². The maximum absolute atomic E-state index is 10.9. The summed E-state index contributed by atoms with van der Waals surface area (Å²) < 4.78 is 0. The monoisotopic (exact) mass is 199 g/mol. The van der Waals surface area contributed by atoms with Crippen LogP contribution in [0, 0.1) is 17.8 Å². The van der Waals surface area contributed by atoms with E-state index in [0.717, 1.165) is 6.42 Å². The van der Waals surface area contributed by atoms with E-state index in [1.54, 1.807) is 0 Å². The minimum atomic E-state index is -0.925. The Hall–Kier alpha value is -1.10. The van der Waals surface area contributed by atoms with Crippen LogP contribution in [-0.4, -0.2) is 34.7 Å². The predicted molar refractivity (Wildman–Crippen MR) is 46.8 cm³/mol. The molecule has 1 aliphatic heterocycles. The highest BCUT2D eigenvalue weighted by atomic mass is 16.4. The summed E-state index contributed by atoms with van der Waals surface area (Å²) in [5.41, 5.74) is 0. The summed E-state index contributed by atoms with van der Waals surface area (Å²) in [5.74, 6) is -2.24. The fourth-order valence-corrected chi connectivity index (χ4v) is 2.80. The molecule has 5 nitrogen and oxygen atoms in total. The number of carbonyl (C=O) groups is 2. The SMILES string of the molecule is O=C(O)[C@H]1CC[C@H]2CN[C@H](C(=O)O)[C@H]21. The van der Waals surface area contributed by atoms with Gasteiger partial charge in [0, 0.05) is 5.92 Å². The molecule has 14 heavy (non-hydrogen) atoms. The molecule has 5 heteroatoms. The van der Waals surface area contributed by atoms with Gasteiger partial charge < -0.3 is 15.5 Å². The summed E-state index contributed by atoms with van der Waals surface area (Å²) >= 11 is 0. The second-order valence-electron chi connectivity index (χ2n) is 4.08. The number of fused-ring (bicyclic) bond motifs is 1. The third kappa shape index (κ3) is 1.28. The largest absolute Gasteiger partial charge is 0.481 e. The predicted octanol–water partition coefficient (Wildman–Crippen LogP) is -0.230. The van der Waals surface area contributed by atoms with E-state index in [-0.39, 0.29) is 11.8 Å². The number of rotatable bonds is 2. The Kier molecular flexibility index (Phi) is 2.19. The summed E-state index contributed by atoms with van der Waals surface area (Å²) in [6, 6.07) is -0.663. The lowest BCUT2D eigenvalue weighted by Crippen LogP contribution is -2.39. The second-order valence-corrected chi connectivity index (χ2v) is 4.08. The first kappa shape index (κ1) is 9.45. The van der Waals surface area contributed by atoms with E-state index in [1.165, 1.54) is 0 Å². The Morgan fingerprint density at radius 2 is 1.86 bits per heavy atom. The van der Waals surface area contributed by atoms with Gasteiger partial charge in [0.25, 0.3) is 0 Å². The maximum atomic E-state index is 10.9. The lowest BCUT2D eigenvalue weighted by molar-refractivity contribution is -0.145. The molecule has 3 N–H and O–H groups in total. The van der Waals surface area contributed by atoms with Gasteiger partial charge in [0.1, 0.15) is 6.04 Å². The first-order valence-electron chi connectivity index (χ1n) is 4.80. The summed E-state index contributed by atoms with van der Waals surface area (Å²) in [5, 5.41) is 20.7. The van der Waals surface area contributed by atoms with Crippen LogP contribution >= 0.6 is 0 Å². The number of aliphatic carboxylic acids is 2. The van der Waals surface area contributed by atoms with E-state index >= 15 is 0 Å². The van der Waals surface area contributed by atoms with Crippen molar-refractivity contribution in [2.75, 3.05) is 6.54 Å². The summed E-state index contributed by atoms with van der Waals surface area (Å²) in [6.45, 7) is 0.644. The van der Waals surface area contributed by atoms with Gasteiger partial charge in [-0.25, -0.2) is 0 Å². The van der Waals surface area contributed by atoms with Crippen molar-refractivity contribution in [3.63, 3.8) is 0 Å². The first-order valence-corrected chi connectivity index (χ1v) is 4.80. The lowest BCUT2D eigenvalue weighted by Gasteiger charge is -2.18. The minimum absolute atomic E-state index is 0.218. The zero-order valence-corrected chi connectivity index (χ0v) is 7.64. The molecule has 0 aromatic carbocycles. The summed E-state index contributed by atoms with van der Waals surface area (Å²) in [4.78, 5) is 21.7. The third-order valence-electron chi connectivity index (χ3n) is 3.43. The zero-order chi connectivity index (χ0) is 10.3. The quantitative estimate of drug-likeness (QED) is 0.572. The van der Waals surface area contributed by atoms with Gasteiger partial charge in [0.05, 0.1) is 5.92 Å². The highest BCUT2D eigenvalue weighted by molar-refractivity contribution is 5.78. The van der Waals surface area contributed by atoms with E-state index in [1.807, 2.05) is 0 Å². The molecule has 1 aliphatic carbocycles. The van der Waals surface area contributed by atoms with Gasteiger partial charge in [-0.2, -0.15) is 0 Å². The normalized spacial score (nSPS) is 40.9. The first-order chi connectivity index (χ1) is 6.61. The number of nitrogens with one attached hydrogen (secondary N) is 1. The van der Waals surface area contributed by atoms with Gasteiger partial charge in [0.2, 0.25) is 0 Å². The van der Waals surface area contributed by atoms with Crippen molar-refractivity contribution in [3.05, 3.63) is 0 Å². The summed E-state index contributed by atoms with van der Waals surface area (Å²) in [6.07, 6.45) is 1.45. The van der Waals surface area contributed by atoms with E-state index < -0.39 is 23.9 Å². The van der Waals surface area contributed by atoms with Crippen molar-refractivity contribution < 1.29 is 19.8 Å². The second kappa shape index (κ2) is 3.24. The fourth-order valence-electron chi connectivity index (χ4n) is 2.80. The van der Waals surface area contributed by atoms with Gasteiger partial charge in [-0.3, -0.25) is 9.59 Å². The molecule has 1 heterocycles. The number of hydrogen-bond donors (Lipinski definition) is 3. The van der Waals surface area contributed by atoms with Crippen LogP contribution in [0.4, 0.5) is 0 Å². The van der Waals surface area contributed by atoms with Crippen LogP contribution in [0.2, 0.25) is 0 Å². The smallest absolute Gasteiger partial charge is 0.321 e. The van der Waals surface area contributed by atoms with Crippen molar-refractivity contribution in [2.45, 2.75) is 18.9 Å². The topological polar surface area (TPSA) is 86.6 Å². The third-order valence-corrected chi connectivity index (χ3v) is 3.43. The van der Waals surface area contributed by atoms with E-state index in [2.05, 4.69) is 5.32 Å². The Balaban J connectivity index is 2.19. The van der Waals surface area contributed by atoms with Gasteiger partial charge in [-0.1, -0.05) is 0 Å². The molecule has 0 bridgehead atoms. The number of hydrogen-bond acceptors (Lipinski definition) is 3. The van der Waals surface area contributed by atoms with Crippen molar-refractivity contribution in [1.82, 2.24) is 5.32 Å². The molecule has 1 saturated carbocycles. The number of carboxylic acid groups (broad SMARTS) is 2. The molecule has 2 fully saturated rings. The van der Waals surface area contributed by atoms with Crippen LogP contribution in [-0.2, 0) is 9.59 Å². The Morgan fingerprint density at radius 3 is 2.43 bits per heavy atom. The van der Waals surface area contributed by atoms with Crippen molar-refractivity contribution in [1.29, 1.82) is 0 Å². The Labute approximate surface area is 81.1 Å². The van der Waals surface area contributed by atoms with Crippen molar-refractivity contribution >= 4 is 11.9 Å². The number of carboxylic acids is 2. The van der Waals surface area contributed by atoms with Crippen molar-refractivity contribution in [2.24, 2.45) is 17.8 Å². The standard InChI is InChI=1S/C9H13NO4/c11-8(12)5-2-1-4-3-10-7(6(4)5)9(13)14/h4-7,10H,1-3H2,(H,11,12)(H,13,14)/t4-,5-,6+,7-/m0/s1. The molecular weight excluding hydrogens is 186 g/mol. The van der Waals surface area contributed by atoms with Crippen LogP contribution in [0.25, 0.3) is 0 Å². The molecular formula is C9H13NO4. The van der Waals surface area contributed by atoms with Crippen LogP contribution in [0.5, 0.6) is 0 Å². The van der Waals surface area contributed by atoms with E-state index in [9.17, 15) is 9.59 Å². The lowest BCUT2D eigenvalue weighted by atomic mass is 9.87. The highest BCUT2D eigenvalue weighted by Gasteiger charge is 2.50. The molecule has 1 saturated heterocycles. The molecule has 4 atom stereocenters. The molecule has 0 aromatic rings. The Morgan fingerprint density at radius 1 is 1.14 bits per heavy atom. The average molecular weight is 199 g/mol. The zero-order valence-electron chi connectivity index (χ0n) is 7.64. The summed E-state index contributed by atoms with van der Waals surface area (Å²) in [7, 11) is 0. The average Bonchev–Trinajstić information content (AvgIpc) is 2.59. The van der Waals surface area contributed by atoms with Crippen molar-refractivity contribution in [3.8, 4) is 0 Å². The molecule has 78 valence electrons.